The van der Waals surface area contributed by atoms with E-state index in [4.69, 9.17) is 17.4 Å². The number of nitrogens with zero attached hydrogens (tertiary/aromatic N) is 2. The molecule has 18 heavy (non-hydrogen) atoms. The molecule has 98 valence electrons. The summed E-state index contributed by atoms with van der Waals surface area (Å²) < 4.78 is 3.12. The highest BCUT2D eigenvalue weighted by atomic mass is 127. The molecule has 0 aromatic carbocycles. The maximum Gasteiger partial charge on any atom is 0.0902 e. The van der Waals surface area contributed by atoms with Gasteiger partial charge in [-0.3, -0.25) is 10.5 Å². The van der Waals surface area contributed by atoms with E-state index < -0.39 is 0 Å². The summed E-state index contributed by atoms with van der Waals surface area (Å²) in [4.78, 5) is 0. The molecule has 0 amide bonds. The van der Waals surface area contributed by atoms with Crippen molar-refractivity contribution in [2.75, 3.05) is 0 Å². The van der Waals surface area contributed by atoms with Gasteiger partial charge in [0.1, 0.15) is 0 Å². The van der Waals surface area contributed by atoms with Crippen LogP contribution in [0, 0.1) is 2.88 Å². The Labute approximate surface area is 129 Å². The SMILES string of the molecule is CC(C)n1ncc(Cl)c1C(NN)c1csc(I)c1. The van der Waals surface area contributed by atoms with E-state index in [0.29, 0.717) is 5.02 Å². The second-order valence-corrected chi connectivity index (χ2v) is 7.41. The molecule has 3 N–H and O–H groups in total. The first-order chi connectivity index (χ1) is 8.54. The smallest absolute Gasteiger partial charge is 0.0902 e. The number of hydrazine groups is 1. The van der Waals surface area contributed by atoms with Crippen molar-refractivity contribution in [3.05, 3.63) is 36.8 Å². The van der Waals surface area contributed by atoms with Crippen LogP contribution in [0.2, 0.25) is 5.02 Å². The molecule has 0 aliphatic carbocycles. The number of thiophene rings is 1. The van der Waals surface area contributed by atoms with Gasteiger partial charge in [0.25, 0.3) is 0 Å². The molecule has 4 nitrogen and oxygen atoms in total. The highest BCUT2D eigenvalue weighted by molar-refractivity contribution is 14.1. The van der Waals surface area contributed by atoms with Gasteiger partial charge in [-0.2, -0.15) is 5.10 Å². The minimum Gasteiger partial charge on any atom is -0.271 e. The molecule has 0 aliphatic rings. The molecular weight excluding hydrogens is 383 g/mol. The van der Waals surface area contributed by atoms with E-state index in [1.807, 2.05) is 4.68 Å². The van der Waals surface area contributed by atoms with Crippen LogP contribution in [0.15, 0.2) is 17.6 Å². The Morgan fingerprint density at radius 3 is 2.78 bits per heavy atom. The lowest BCUT2D eigenvalue weighted by Crippen LogP contribution is -2.31. The van der Waals surface area contributed by atoms with Crippen LogP contribution in [0.1, 0.15) is 37.2 Å². The molecule has 1 atom stereocenters. The van der Waals surface area contributed by atoms with Crippen molar-refractivity contribution in [1.29, 1.82) is 0 Å². The van der Waals surface area contributed by atoms with Crippen molar-refractivity contribution >= 4 is 45.5 Å². The average molecular weight is 397 g/mol. The number of nitrogens with one attached hydrogen (secondary N) is 1. The first kappa shape index (κ1) is 14.3. The molecule has 2 heterocycles. The third kappa shape index (κ3) is 2.72. The normalized spacial score (nSPS) is 13.2. The zero-order valence-corrected chi connectivity index (χ0v) is 13.8. The summed E-state index contributed by atoms with van der Waals surface area (Å²) in [7, 11) is 0. The quantitative estimate of drug-likeness (QED) is 0.473. The average Bonchev–Trinajstić information content (AvgIpc) is 2.88. The Bertz CT molecular complexity index is 537. The molecule has 0 aliphatic heterocycles. The van der Waals surface area contributed by atoms with E-state index in [-0.39, 0.29) is 12.1 Å². The predicted molar refractivity (Wildman–Crippen MR) is 83.8 cm³/mol. The summed E-state index contributed by atoms with van der Waals surface area (Å²) in [6.07, 6.45) is 1.67. The van der Waals surface area contributed by atoms with E-state index in [2.05, 4.69) is 58.4 Å². The number of halogens is 2. The number of aromatic nitrogens is 2. The molecule has 0 radical (unpaired) electrons. The predicted octanol–water partition coefficient (Wildman–Crippen LogP) is 3.34. The van der Waals surface area contributed by atoms with Crippen LogP contribution in [-0.2, 0) is 0 Å². The van der Waals surface area contributed by atoms with Gasteiger partial charge in [0, 0.05) is 6.04 Å². The molecule has 2 rings (SSSR count). The molecule has 0 bridgehead atoms. The van der Waals surface area contributed by atoms with Gasteiger partial charge < -0.3 is 0 Å². The molecule has 2 aromatic heterocycles. The Balaban J connectivity index is 2.47. The van der Waals surface area contributed by atoms with Crippen LogP contribution < -0.4 is 11.3 Å². The Kier molecular flexibility index (Phi) is 4.65. The monoisotopic (exact) mass is 396 g/mol. The summed E-state index contributed by atoms with van der Waals surface area (Å²) >= 11 is 10.2. The lowest BCUT2D eigenvalue weighted by Gasteiger charge is -2.19. The maximum atomic E-state index is 6.24. The largest absolute Gasteiger partial charge is 0.271 e. The van der Waals surface area contributed by atoms with Crippen LogP contribution in [0.25, 0.3) is 0 Å². The zero-order valence-electron chi connectivity index (χ0n) is 10.0. The minimum absolute atomic E-state index is 0.137. The summed E-state index contributed by atoms with van der Waals surface area (Å²) in [6, 6.07) is 2.20. The van der Waals surface area contributed by atoms with Crippen molar-refractivity contribution in [2.24, 2.45) is 5.84 Å². The van der Waals surface area contributed by atoms with E-state index >= 15 is 0 Å². The maximum absolute atomic E-state index is 6.24. The second-order valence-electron chi connectivity index (χ2n) is 4.20. The van der Waals surface area contributed by atoms with E-state index in [0.717, 1.165) is 11.3 Å². The molecule has 1 unspecified atom stereocenters. The summed E-state index contributed by atoms with van der Waals surface area (Å²) in [5, 5.41) is 7.02. The van der Waals surface area contributed by atoms with E-state index in [1.165, 1.54) is 2.88 Å². The fraction of sp³-hybridized carbons (Fsp3) is 0.364. The van der Waals surface area contributed by atoms with Crippen molar-refractivity contribution in [3.8, 4) is 0 Å². The van der Waals surface area contributed by atoms with Gasteiger partial charge in [-0.15, -0.1) is 11.3 Å². The van der Waals surface area contributed by atoms with Crippen molar-refractivity contribution in [2.45, 2.75) is 25.9 Å². The number of nitrogens with two attached hydrogens (primary N) is 1. The van der Waals surface area contributed by atoms with Gasteiger partial charge in [-0.1, -0.05) is 11.6 Å². The fourth-order valence-electron chi connectivity index (χ4n) is 1.84. The Hall–Kier alpha value is -0.150. The van der Waals surface area contributed by atoms with E-state index in [9.17, 15) is 0 Å². The van der Waals surface area contributed by atoms with Crippen molar-refractivity contribution in [3.63, 3.8) is 0 Å². The molecular formula is C11H14ClIN4S. The molecule has 2 aromatic rings. The first-order valence-corrected chi connectivity index (χ1v) is 7.81. The van der Waals surface area contributed by atoms with Crippen LogP contribution in [0.5, 0.6) is 0 Å². The van der Waals surface area contributed by atoms with Crippen LogP contribution in [0.4, 0.5) is 0 Å². The van der Waals surface area contributed by atoms with Gasteiger partial charge in [-0.05, 0) is 53.4 Å². The molecule has 7 heteroatoms. The number of rotatable bonds is 4. The van der Waals surface area contributed by atoms with Crippen LogP contribution >= 0.6 is 45.5 Å². The minimum atomic E-state index is -0.137. The first-order valence-electron chi connectivity index (χ1n) is 5.47. The molecule has 0 saturated heterocycles. The van der Waals surface area contributed by atoms with Crippen LogP contribution in [-0.4, -0.2) is 9.78 Å². The Morgan fingerprint density at radius 1 is 1.56 bits per heavy atom. The van der Waals surface area contributed by atoms with Gasteiger partial charge in [0.15, 0.2) is 0 Å². The molecule has 0 fully saturated rings. The number of hydrogen-bond donors (Lipinski definition) is 2. The van der Waals surface area contributed by atoms with Gasteiger partial charge >= 0.3 is 0 Å². The standard InChI is InChI=1S/C11H14ClIN4S/c1-6(2)17-11(8(12)4-15-17)10(16-14)7-3-9(13)18-5-7/h3-6,10,16H,14H2,1-2H3. The zero-order chi connectivity index (χ0) is 13.3. The van der Waals surface area contributed by atoms with Gasteiger partial charge in [0.05, 0.1) is 25.8 Å². The molecule has 0 spiro atoms. The summed E-state index contributed by atoms with van der Waals surface area (Å²) in [5.74, 6) is 5.70. The van der Waals surface area contributed by atoms with Crippen molar-refractivity contribution in [1.82, 2.24) is 15.2 Å². The lowest BCUT2D eigenvalue weighted by atomic mass is 10.1. The van der Waals surface area contributed by atoms with Crippen molar-refractivity contribution < 1.29 is 0 Å². The van der Waals surface area contributed by atoms with Gasteiger partial charge in [0.2, 0.25) is 0 Å². The highest BCUT2D eigenvalue weighted by Crippen LogP contribution is 2.32. The lowest BCUT2D eigenvalue weighted by molar-refractivity contribution is 0.477. The summed E-state index contributed by atoms with van der Waals surface area (Å²) in [6.45, 7) is 4.13. The second kappa shape index (κ2) is 5.87. The third-order valence-electron chi connectivity index (χ3n) is 2.64. The molecule has 0 saturated carbocycles. The highest BCUT2D eigenvalue weighted by Gasteiger charge is 2.23. The third-order valence-corrected chi connectivity index (χ3v) is 4.74. The van der Waals surface area contributed by atoms with Crippen LogP contribution in [0.3, 0.4) is 0 Å². The van der Waals surface area contributed by atoms with Gasteiger partial charge in [-0.25, -0.2) is 5.43 Å². The van der Waals surface area contributed by atoms with E-state index in [1.54, 1.807) is 17.5 Å². The topological polar surface area (TPSA) is 55.9 Å². The Morgan fingerprint density at radius 2 is 2.28 bits per heavy atom. The fourth-order valence-corrected chi connectivity index (χ4v) is 3.48. The number of hydrogen-bond acceptors (Lipinski definition) is 4. The summed E-state index contributed by atoms with van der Waals surface area (Å²) in [5.41, 5.74) is 4.84.